The van der Waals surface area contributed by atoms with E-state index >= 15 is 0 Å². The van der Waals surface area contributed by atoms with Crippen LogP contribution < -0.4 is 5.32 Å². The summed E-state index contributed by atoms with van der Waals surface area (Å²) in [7, 11) is 1.86. The molecule has 3 heteroatoms. The smallest absolute Gasteiger partial charge is 0.0874 e. The van der Waals surface area contributed by atoms with Crippen molar-refractivity contribution < 1.29 is 9.47 Å². The number of hydrogen-bond acceptors (Lipinski definition) is 3. The van der Waals surface area contributed by atoms with Gasteiger partial charge in [0.1, 0.15) is 0 Å². The van der Waals surface area contributed by atoms with Gasteiger partial charge in [0.15, 0.2) is 0 Å². The Balaban J connectivity index is 2.49. The topological polar surface area (TPSA) is 30.5 Å². The van der Waals surface area contributed by atoms with Gasteiger partial charge >= 0.3 is 0 Å². The maximum absolute atomic E-state index is 5.96. The van der Waals surface area contributed by atoms with Gasteiger partial charge in [-0.1, -0.05) is 25.8 Å². The van der Waals surface area contributed by atoms with Crippen molar-refractivity contribution in [1.29, 1.82) is 0 Å². The molecule has 0 aromatic carbocycles. The van der Waals surface area contributed by atoms with Crippen molar-refractivity contribution >= 4 is 0 Å². The van der Waals surface area contributed by atoms with Crippen molar-refractivity contribution in [3.05, 3.63) is 12.7 Å². The van der Waals surface area contributed by atoms with Crippen LogP contribution in [0.25, 0.3) is 0 Å². The molecule has 1 N–H and O–H groups in total. The van der Waals surface area contributed by atoms with E-state index < -0.39 is 0 Å². The lowest BCUT2D eigenvalue weighted by Crippen LogP contribution is -2.55. The Labute approximate surface area is 125 Å². The first-order chi connectivity index (χ1) is 9.79. The van der Waals surface area contributed by atoms with Gasteiger partial charge in [0.25, 0.3) is 0 Å². The van der Waals surface area contributed by atoms with Gasteiger partial charge in [0, 0.05) is 39.2 Å². The lowest BCUT2D eigenvalue weighted by molar-refractivity contribution is -0.112. The van der Waals surface area contributed by atoms with E-state index in [0.29, 0.717) is 6.04 Å². The Morgan fingerprint density at radius 3 is 2.65 bits per heavy atom. The molecular weight excluding hydrogens is 250 g/mol. The van der Waals surface area contributed by atoms with Crippen molar-refractivity contribution in [1.82, 2.24) is 5.32 Å². The molecule has 0 radical (unpaired) electrons. The lowest BCUT2D eigenvalue weighted by atomic mass is 9.83. The van der Waals surface area contributed by atoms with Crippen molar-refractivity contribution in [3.63, 3.8) is 0 Å². The maximum atomic E-state index is 5.96. The van der Waals surface area contributed by atoms with Crippen LogP contribution in [0.5, 0.6) is 0 Å². The highest BCUT2D eigenvalue weighted by molar-refractivity contribution is 4.94. The average Bonchev–Trinajstić information content (AvgIpc) is 2.50. The molecule has 1 atom stereocenters. The summed E-state index contributed by atoms with van der Waals surface area (Å²) in [6.07, 6.45) is 11.3. The number of nitrogens with one attached hydrogen (secondary N) is 1. The molecule has 0 amide bonds. The molecule has 0 saturated carbocycles. The molecule has 118 valence electrons. The van der Waals surface area contributed by atoms with E-state index in [2.05, 4.69) is 18.8 Å². The monoisotopic (exact) mass is 283 g/mol. The molecule has 0 aliphatic carbocycles. The van der Waals surface area contributed by atoms with E-state index in [1.807, 2.05) is 13.2 Å². The molecule has 1 saturated heterocycles. The Morgan fingerprint density at radius 2 is 2.05 bits per heavy atom. The SMILES string of the molecule is C=CCCCCCC(NCCC)C1(OC)CCOCC1. The normalized spacial score (nSPS) is 19.7. The molecule has 0 aromatic rings. The molecule has 1 unspecified atom stereocenters. The number of methoxy groups -OCH3 is 1. The minimum atomic E-state index is -0.0220. The van der Waals surface area contributed by atoms with Gasteiger partial charge in [-0.3, -0.25) is 0 Å². The van der Waals surface area contributed by atoms with Crippen LogP contribution in [0.4, 0.5) is 0 Å². The van der Waals surface area contributed by atoms with Crippen LogP contribution >= 0.6 is 0 Å². The quantitative estimate of drug-likeness (QED) is 0.463. The highest BCUT2D eigenvalue weighted by Crippen LogP contribution is 2.31. The summed E-state index contributed by atoms with van der Waals surface area (Å²) in [5, 5.41) is 3.72. The van der Waals surface area contributed by atoms with Gasteiger partial charge in [-0.15, -0.1) is 6.58 Å². The van der Waals surface area contributed by atoms with Gasteiger partial charge in [-0.2, -0.15) is 0 Å². The van der Waals surface area contributed by atoms with Crippen LogP contribution in [0.3, 0.4) is 0 Å². The zero-order chi connectivity index (χ0) is 14.7. The van der Waals surface area contributed by atoms with Crippen molar-refractivity contribution in [3.8, 4) is 0 Å². The van der Waals surface area contributed by atoms with Crippen molar-refractivity contribution in [2.24, 2.45) is 0 Å². The number of unbranched alkanes of at least 4 members (excludes halogenated alkanes) is 3. The van der Waals surface area contributed by atoms with E-state index in [-0.39, 0.29) is 5.60 Å². The van der Waals surface area contributed by atoms with Crippen LogP contribution in [0.2, 0.25) is 0 Å². The zero-order valence-corrected chi connectivity index (χ0v) is 13.5. The van der Waals surface area contributed by atoms with Crippen LogP contribution in [-0.4, -0.2) is 38.5 Å². The minimum absolute atomic E-state index is 0.0220. The van der Waals surface area contributed by atoms with Gasteiger partial charge in [-0.05, 0) is 32.2 Å². The second-order valence-electron chi connectivity index (χ2n) is 5.81. The molecule has 1 fully saturated rings. The van der Waals surface area contributed by atoms with Crippen LogP contribution in [-0.2, 0) is 9.47 Å². The summed E-state index contributed by atoms with van der Waals surface area (Å²) in [6.45, 7) is 8.73. The maximum Gasteiger partial charge on any atom is 0.0874 e. The van der Waals surface area contributed by atoms with Crippen LogP contribution in [0, 0.1) is 0 Å². The summed E-state index contributed by atoms with van der Waals surface area (Å²) in [4.78, 5) is 0. The van der Waals surface area contributed by atoms with Gasteiger partial charge in [0.05, 0.1) is 5.60 Å². The number of hydrogen-bond donors (Lipinski definition) is 1. The molecule has 1 heterocycles. The first-order valence-electron chi connectivity index (χ1n) is 8.26. The predicted octanol–water partition coefficient (Wildman–Crippen LogP) is 3.69. The summed E-state index contributed by atoms with van der Waals surface area (Å²) in [5.74, 6) is 0. The lowest BCUT2D eigenvalue weighted by Gasteiger charge is -2.43. The first-order valence-corrected chi connectivity index (χ1v) is 8.26. The predicted molar refractivity (Wildman–Crippen MR) is 85.2 cm³/mol. The van der Waals surface area contributed by atoms with Crippen molar-refractivity contribution in [2.75, 3.05) is 26.9 Å². The molecule has 1 rings (SSSR count). The van der Waals surface area contributed by atoms with Crippen molar-refractivity contribution in [2.45, 2.75) is 69.9 Å². The van der Waals surface area contributed by atoms with Crippen LogP contribution in [0.1, 0.15) is 58.3 Å². The fourth-order valence-corrected chi connectivity index (χ4v) is 3.10. The number of rotatable bonds is 11. The first kappa shape index (κ1) is 17.7. The van der Waals surface area contributed by atoms with E-state index in [9.17, 15) is 0 Å². The molecule has 0 spiro atoms. The highest BCUT2D eigenvalue weighted by atomic mass is 16.5. The summed E-state index contributed by atoms with van der Waals surface area (Å²) in [6, 6.07) is 0.458. The zero-order valence-electron chi connectivity index (χ0n) is 13.5. The molecule has 3 nitrogen and oxygen atoms in total. The van der Waals surface area contributed by atoms with E-state index in [1.165, 1.54) is 32.1 Å². The Kier molecular flexibility index (Phi) is 9.16. The second-order valence-corrected chi connectivity index (χ2v) is 5.81. The molecule has 0 aromatic heterocycles. The molecule has 20 heavy (non-hydrogen) atoms. The summed E-state index contributed by atoms with van der Waals surface area (Å²) < 4.78 is 11.5. The second kappa shape index (κ2) is 10.4. The molecule has 1 aliphatic heterocycles. The van der Waals surface area contributed by atoms with Crippen LogP contribution in [0.15, 0.2) is 12.7 Å². The Bertz CT molecular complexity index is 249. The number of ether oxygens (including phenoxy) is 2. The third-order valence-corrected chi connectivity index (χ3v) is 4.42. The third kappa shape index (κ3) is 5.55. The standard InChI is InChI=1S/C17H33NO2/c1-4-6-7-8-9-10-16(18-13-5-2)17(19-3)11-14-20-15-12-17/h4,16,18H,1,5-15H2,2-3H3. The minimum Gasteiger partial charge on any atom is -0.381 e. The van der Waals surface area contributed by atoms with Gasteiger partial charge < -0.3 is 14.8 Å². The fourth-order valence-electron chi connectivity index (χ4n) is 3.10. The van der Waals surface area contributed by atoms with E-state index in [4.69, 9.17) is 9.47 Å². The van der Waals surface area contributed by atoms with E-state index in [0.717, 1.165) is 39.0 Å². The summed E-state index contributed by atoms with van der Waals surface area (Å²) >= 11 is 0. The fraction of sp³-hybridized carbons (Fsp3) is 0.882. The third-order valence-electron chi connectivity index (χ3n) is 4.42. The number of allylic oxidation sites excluding steroid dienone is 1. The molecule has 0 bridgehead atoms. The highest BCUT2D eigenvalue weighted by Gasteiger charge is 2.39. The average molecular weight is 283 g/mol. The van der Waals surface area contributed by atoms with Gasteiger partial charge in [0.2, 0.25) is 0 Å². The largest absolute Gasteiger partial charge is 0.381 e. The Morgan fingerprint density at radius 1 is 1.30 bits per heavy atom. The summed E-state index contributed by atoms with van der Waals surface area (Å²) in [5.41, 5.74) is -0.0220. The van der Waals surface area contributed by atoms with E-state index in [1.54, 1.807) is 0 Å². The Hall–Kier alpha value is -0.380. The van der Waals surface area contributed by atoms with Gasteiger partial charge in [-0.25, -0.2) is 0 Å². The molecule has 1 aliphatic rings. The molecular formula is C17H33NO2.